The average Bonchev–Trinajstić information content (AvgIpc) is 3.05. The number of hydrogen-bond donors (Lipinski definition) is 4. The minimum atomic E-state index is -3.51. The number of aromatic amines is 1. The van der Waals surface area contributed by atoms with Gasteiger partial charge >= 0.3 is 6.03 Å². The number of carbonyl (C=O) groups excluding carboxylic acids is 1. The number of sulfonamides is 1. The third-order valence-corrected chi connectivity index (χ3v) is 5.66. The molecule has 1 heterocycles. The van der Waals surface area contributed by atoms with E-state index in [1.54, 1.807) is 24.5 Å². The topological polar surface area (TPSA) is 116 Å². The van der Waals surface area contributed by atoms with Crippen LogP contribution in [-0.2, 0) is 16.6 Å². The van der Waals surface area contributed by atoms with Crippen molar-refractivity contribution in [3.63, 3.8) is 0 Å². The first-order chi connectivity index (χ1) is 12.0. The first-order valence-corrected chi connectivity index (χ1v) is 9.63. The van der Waals surface area contributed by atoms with Gasteiger partial charge in [-0.05, 0) is 43.0 Å². The molecule has 1 aliphatic rings. The quantitative estimate of drug-likeness (QED) is 0.600. The molecule has 1 aromatic carbocycles. The zero-order valence-electron chi connectivity index (χ0n) is 13.7. The molecule has 0 unspecified atom stereocenters. The summed E-state index contributed by atoms with van der Waals surface area (Å²) in [6.45, 7) is 0.832. The fraction of sp³-hybridized carbons (Fsp3) is 0.375. The predicted octanol–water partition coefficient (Wildman–Crippen LogP) is 1.81. The molecule has 3 rings (SSSR count). The van der Waals surface area contributed by atoms with Crippen LogP contribution in [0.5, 0.6) is 0 Å². The maximum Gasteiger partial charge on any atom is 0.319 e. The molecule has 0 radical (unpaired) electrons. The summed E-state index contributed by atoms with van der Waals surface area (Å²) in [5, 5.41) is 11.8. The smallest absolute Gasteiger partial charge is 0.319 e. The fourth-order valence-electron chi connectivity index (χ4n) is 2.46. The van der Waals surface area contributed by atoms with Crippen LogP contribution in [0.2, 0.25) is 0 Å². The van der Waals surface area contributed by atoms with Gasteiger partial charge in [0.2, 0.25) is 10.0 Å². The molecule has 1 aromatic heterocycles. The summed E-state index contributed by atoms with van der Waals surface area (Å²) < 4.78 is 27.1. The molecule has 2 aromatic rings. The van der Waals surface area contributed by atoms with E-state index < -0.39 is 10.0 Å². The number of amides is 2. The second kappa shape index (κ2) is 7.66. The summed E-state index contributed by atoms with van der Waals surface area (Å²) in [6, 6.07) is 5.72. The van der Waals surface area contributed by atoms with Gasteiger partial charge in [0.05, 0.1) is 11.1 Å². The molecule has 8 nitrogen and oxygen atoms in total. The van der Waals surface area contributed by atoms with E-state index in [1.807, 2.05) is 0 Å². The Morgan fingerprint density at radius 1 is 1.24 bits per heavy atom. The van der Waals surface area contributed by atoms with Gasteiger partial charge in [0, 0.05) is 30.5 Å². The number of nitrogens with zero attached hydrogens (tertiary/aromatic N) is 1. The number of H-pyrrole nitrogens is 1. The number of anilines is 1. The molecule has 25 heavy (non-hydrogen) atoms. The lowest BCUT2D eigenvalue weighted by atomic mass is 9.86. The number of carbonyl (C=O) groups is 1. The van der Waals surface area contributed by atoms with Crippen LogP contribution in [-0.4, -0.2) is 31.2 Å². The van der Waals surface area contributed by atoms with Crippen molar-refractivity contribution in [1.29, 1.82) is 0 Å². The lowest BCUT2D eigenvalue weighted by Crippen LogP contribution is -2.32. The van der Waals surface area contributed by atoms with Crippen LogP contribution in [0.4, 0.5) is 10.5 Å². The Hall–Kier alpha value is -2.39. The highest BCUT2D eigenvalue weighted by Gasteiger charge is 2.21. The molecular weight excluding hydrogens is 342 g/mol. The molecule has 0 bridgehead atoms. The molecule has 0 saturated heterocycles. The standard InChI is InChI=1S/C16H21N5O3S/c22-16(17-8-13-9-18-19-10-13)21-14-4-6-15(7-5-14)25(23,24)20-11-12-2-1-3-12/h4-7,9-10,12,20H,1-3,8,11H2,(H,18,19)(H2,17,21,22). The van der Waals surface area contributed by atoms with Crippen molar-refractivity contribution < 1.29 is 13.2 Å². The van der Waals surface area contributed by atoms with Gasteiger partial charge in [0.15, 0.2) is 0 Å². The van der Waals surface area contributed by atoms with E-state index in [0.717, 1.165) is 18.4 Å². The zero-order valence-corrected chi connectivity index (χ0v) is 14.5. The fourth-order valence-corrected chi connectivity index (χ4v) is 3.57. The minimum absolute atomic E-state index is 0.191. The first kappa shape index (κ1) is 17.4. The van der Waals surface area contributed by atoms with Crippen molar-refractivity contribution in [1.82, 2.24) is 20.2 Å². The summed E-state index contributed by atoms with van der Waals surface area (Å²) in [4.78, 5) is 12.0. The number of nitrogens with one attached hydrogen (secondary N) is 4. The van der Waals surface area contributed by atoms with Gasteiger partial charge in [-0.15, -0.1) is 0 Å². The van der Waals surface area contributed by atoms with Gasteiger partial charge in [-0.25, -0.2) is 17.9 Å². The van der Waals surface area contributed by atoms with Crippen LogP contribution in [0.25, 0.3) is 0 Å². The van der Waals surface area contributed by atoms with Crippen LogP contribution in [0.3, 0.4) is 0 Å². The lowest BCUT2D eigenvalue weighted by molar-refractivity contribution is 0.251. The van der Waals surface area contributed by atoms with Gasteiger partial charge in [0.25, 0.3) is 0 Å². The van der Waals surface area contributed by atoms with Crippen molar-refractivity contribution in [2.75, 3.05) is 11.9 Å². The Morgan fingerprint density at radius 2 is 2.00 bits per heavy atom. The molecule has 1 aliphatic carbocycles. The molecule has 0 aliphatic heterocycles. The van der Waals surface area contributed by atoms with E-state index in [0.29, 0.717) is 24.7 Å². The van der Waals surface area contributed by atoms with Crippen molar-refractivity contribution in [3.05, 3.63) is 42.2 Å². The summed E-state index contributed by atoms with van der Waals surface area (Å²) in [7, 11) is -3.51. The van der Waals surface area contributed by atoms with Gasteiger partial charge in [-0.3, -0.25) is 5.10 Å². The molecule has 9 heteroatoms. The number of urea groups is 1. The normalized spacial score (nSPS) is 14.7. The van der Waals surface area contributed by atoms with Crippen molar-refractivity contribution >= 4 is 21.7 Å². The van der Waals surface area contributed by atoms with Gasteiger partial charge in [-0.1, -0.05) is 6.42 Å². The van der Waals surface area contributed by atoms with E-state index in [4.69, 9.17) is 0 Å². The molecule has 1 saturated carbocycles. The summed E-state index contributed by atoms with van der Waals surface area (Å²) in [5.74, 6) is 0.453. The van der Waals surface area contributed by atoms with E-state index in [1.165, 1.54) is 18.6 Å². The minimum Gasteiger partial charge on any atom is -0.334 e. The van der Waals surface area contributed by atoms with E-state index in [-0.39, 0.29) is 10.9 Å². The number of hydrogen-bond acceptors (Lipinski definition) is 4. The van der Waals surface area contributed by atoms with E-state index in [9.17, 15) is 13.2 Å². The van der Waals surface area contributed by atoms with E-state index >= 15 is 0 Å². The Bertz CT molecular complexity index is 799. The zero-order chi connectivity index (χ0) is 17.7. The molecule has 2 amide bonds. The van der Waals surface area contributed by atoms with Crippen LogP contribution in [0.1, 0.15) is 24.8 Å². The largest absolute Gasteiger partial charge is 0.334 e. The monoisotopic (exact) mass is 363 g/mol. The highest BCUT2D eigenvalue weighted by Crippen LogP contribution is 2.25. The molecule has 0 atom stereocenters. The highest BCUT2D eigenvalue weighted by molar-refractivity contribution is 7.89. The highest BCUT2D eigenvalue weighted by atomic mass is 32.2. The molecule has 1 fully saturated rings. The van der Waals surface area contributed by atoms with Crippen LogP contribution in [0.15, 0.2) is 41.6 Å². The first-order valence-electron chi connectivity index (χ1n) is 8.15. The van der Waals surface area contributed by atoms with Gasteiger partial charge < -0.3 is 10.6 Å². The third-order valence-electron chi connectivity index (χ3n) is 4.22. The number of benzene rings is 1. The van der Waals surface area contributed by atoms with Crippen molar-refractivity contribution in [3.8, 4) is 0 Å². The molecule has 0 spiro atoms. The SMILES string of the molecule is O=C(NCc1cn[nH]c1)Nc1ccc(S(=O)(=O)NCC2CCC2)cc1. The van der Waals surface area contributed by atoms with Crippen LogP contribution in [0, 0.1) is 5.92 Å². The average molecular weight is 363 g/mol. The Kier molecular flexibility index (Phi) is 5.34. The van der Waals surface area contributed by atoms with Crippen LogP contribution >= 0.6 is 0 Å². The second-order valence-corrected chi connectivity index (χ2v) is 7.85. The second-order valence-electron chi connectivity index (χ2n) is 6.09. The Balaban J connectivity index is 1.51. The van der Waals surface area contributed by atoms with Gasteiger partial charge in [0.1, 0.15) is 0 Å². The van der Waals surface area contributed by atoms with Crippen molar-refractivity contribution in [2.24, 2.45) is 5.92 Å². The molecule has 4 N–H and O–H groups in total. The van der Waals surface area contributed by atoms with E-state index in [2.05, 4.69) is 25.6 Å². The Labute approximate surface area is 146 Å². The van der Waals surface area contributed by atoms with Crippen molar-refractivity contribution in [2.45, 2.75) is 30.7 Å². The Morgan fingerprint density at radius 3 is 2.60 bits per heavy atom. The summed E-state index contributed by atoms with van der Waals surface area (Å²) in [6.07, 6.45) is 6.65. The van der Waals surface area contributed by atoms with Crippen LogP contribution < -0.4 is 15.4 Å². The number of aromatic nitrogens is 2. The maximum atomic E-state index is 12.2. The lowest BCUT2D eigenvalue weighted by Gasteiger charge is -2.25. The summed E-state index contributed by atoms with van der Waals surface area (Å²) >= 11 is 0. The third kappa shape index (κ3) is 4.80. The molecular formula is C16H21N5O3S. The van der Waals surface area contributed by atoms with Gasteiger partial charge in [-0.2, -0.15) is 5.10 Å². The summed E-state index contributed by atoms with van der Waals surface area (Å²) in [5.41, 5.74) is 1.37. The maximum absolute atomic E-state index is 12.2. The predicted molar refractivity (Wildman–Crippen MR) is 93.4 cm³/mol. The molecule has 134 valence electrons. The number of rotatable bonds is 7.